The summed E-state index contributed by atoms with van der Waals surface area (Å²) in [6, 6.07) is 2.16. The average molecular weight is 247 g/mol. The number of thioether (sulfide) groups is 1. The monoisotopic (exact) mass is 247 g/mol. The van der Waals surface area contributed by atoms with Gasteiger partial charge in [0.15, 0.2) is 11.0 Å². The molecule has 2 aliphatic heterocycles. The first-order chi connectivity index (χ1) is 8.28. The number of rotatable bonds is 0. The Labute approximate surface area is 104 Å². The number of amidine groups is 2. The van der Waals surface area contributed by atoms with Gasteiger partial charge in [-0.15, -0.1) is 0 Å². The van der Waals surface area contributed by atoms with Crippen LogP contribution in [-0.4, -0.2) is 27.9 Å². The van der Waals surface area contributed by atoms with Crippen molar-refractivity contribution in [1.82, 2.24) is 10.4 Å². The van der Waals surface area contributed by atoms with Gasteiger partial charge in [0, 0.05) is 0 Å². The van der Waals surface area contributed by atoms with Crippen LogP contribution < -0.4 is 5.43 Å². The molecule has 0 saturated heterocycles. The van der Waals surface area contributed by atoms with Crippen molar-refractivity contribution in [2.75, 3.05) is 6.26 Å². The summed E-state index contributed by atoms with van der Waals surface area (Å²) in [6.45, 7) is 0. The lowest BCUT2D eigenvalue weighted by Gasteiger charge is -2.26. The van der Waals surface area contributed by atoms with Crippen molar-refractivity contribution in [2.24, 2.45) is 9.98 Å². The van der Waals surface area contributed by atoms with E-state index in [0.717, 1.165) is 23.8 Å². The van der Waals surface area contributed by atoms with Gasteiger partial charge in [-0.25, -0.2) is 15.0 Å². The fourth-order valence-corrected chi connectivity index (χ4v) is 2.97. The highest BCUT2D eigenvalue weighted by molar-refractivity contribution is 8.13. The molecule has 1 aliphatic carbocycles. The average Bonchev–Trinajstić information content (AvgIpc) is 2.95. The van der Waals surface area contributed by atoms with Gasteiger partial charge in [0.1, 0.15) is 17.3 Å². The molecule has 0 amide bonds. The van der Waals surface area contributed by atoms with Crippen molar-refractivity contribution in [3.8, 4) is 6.07 Å². The smallest absolute Gasteiger partial charge is 0.184 e. The lowest BCUT2D eigenvalue weighted by atomic mass is 10.1. The summed E-state index contributed by atoms with van der Waals surface area (Å²) in [5.74, 6) is 0.730. The lowest BCUT2D eigenvalue weighted by molar-refractivity contribution is 0.288. The van der Waals surface area contributed by atoms with E-state index in [2.05, 4.69) is 16.5 Å². The van der Waals surface area contributed by atoms with Crippen molar-refractivity contribution in [3.63, 3.8) is 0 Å². The second-order valence-corrected chi connectivity index (χ2v) is 5.17. The molecule has 5 nitrogen and oxygen atoms in total. The summed E-state index contributed by atoms with van der Waals surface area (Å²) in [5, 5.41) is 11.8. The Morgan fingerprint density at radius 1 is 1.53 bits per heavy atom. The van der Waals surface area contributed by atoms with Crippen LogP contribution in [0.2, 0.25) is 0 Å². The molecule has 17 heavy (non-hydrogen) atoms. The van der Waals surface area contributed by atoms with Crippen molar-refractivity contribution < 1.29 is 0 Å². The highest BCUT2D eigenvalue weighted by Gasteiger charge is 2.44. The second-order valence-electron chi connectivity index (χ2n) is 4.39. The van der Waals surface area contributed by atoms with E-state index in [0.29, 0.717) is 5.57 Å². The Hall–Kier alpha value is -1.32. The highest BCUT2D eigenvalue weighted by atomic mass is 32.2. The molecule has 1 saturated carbocycles. The van der Waals surface area contributed by atoms with Crippen LogP contribution >= 0.6 is 11.8 Å². The largest absolute Gasteiger partial charge is 0.242 e. The zero-order valence-electron chi connectivity index (χ0n) is 9.60. The van der Waals surface area contributed by atoms with Crippen LogP contribution in [0, 0.1) is 11.3 Å². The molecule has 0 bridgehead atoms. The van der Waals surface area contributed by atoms with E-state index >= 15 is 0 Å². The van der Waals surface area contributed by atoms with E-state index in [1.54, 1.807) is 18.0 Å². The Morgan fingerprint density at radius 2 is 2.29 bits per heavy atom. The number of nitriles is 1. The minimum Gasteiger partial charge on any atom is -0.242 e. The minimum absolute atomic E-state index is 0.188. The maximum atomic E-state index is 9.10. The van der Waals surface area contributed by atoms with Crippen LogP contribution in [0.5, 0.6) is 0 Å². The van der Waals surface area contributed by atoms with Gasteiger partial charge in [0.25, 0.3) is 0 Å². The first-order valence-corrected chi connectivity index (χ1v) is 6.91. The third kappa shape index (κ3) is 1.58. The quantitative estimate of drug-likeness (QED) is 0.706. The fourth-order valence-electron chi connectivity index (χ4n) is 2.50. The van der Waals surface area contributed by atoms with Gasteiger partial charge in [-0.05, 0) is 31.9 Å². The topological polar surface area (TPSA) is 63.8 Å². The van der Waals surface area contributed by atoms with E-state index in [-0.39, 0.29) is 5.66 Å². The number of fused-ring (bicyclic) bond motifs is 1. The summed E-state index contributed by atoms with van der Waals surface area (Å²) < 4.78 is 0. The van der Waals surface area contributed by atoms with E-state index in [4.69, 9.17) is 10.3 Å². The standard InChI is InChI=1S/C11H13N5S/c1-17-10-13-7-8(6-12)9-14-11(15-16(9)10)4-2-3-5-11/h7,15H,2-5H2,1H3. The summed E-state index contributed by atoms with van der Waals surface area (Å²) in [5.41, 5.74) is 3.77. The summed E-state index contributed by atoms with van der Waals surface area (Å²) in [7, 11) is 0. The van der Waals surface area contributed by atoms with Crippen molar-refractivity contribution in [2.45, 2.75) is 31.3 Å². The summed E-state index contributed by atoms with van der Waals surface area (Å²) in [4.78, 5) is 9.01. The molecule has 0 unspecified atom stereocenters. The molecule has 2 heterocycles. The predicted molar refractivity (Wildman–Crippen MR) is 68.3 cm³/mol. The highest BCUT2D eigenvalue weighted by Crippen LogP contribution is 2.36. The maximum absolute atomic E-state index is 9.10. The first kappa shape index (κ1) is 10.8. The minimum atomic E-state index is -0.188. The zero-order valence-corrected chi connectivity index (χ0v) is 10.4. The van der Waals surface area contributed by atoms with E-state index in [9.17, 15) is 0 Å². The fraction of sp³-hybridized carbons (Fsp3) is 0.545. The van der Waals surface area contributed by atoms with Crippen molar-refractivity contribution >= 4 is 22.8 Å². The molecule has 0 aromatic rings. The zero-order chi connectivity index (χ0) is 11.9. The number of hydrogen-bond donors (Lipinski definition) is 1. The van der Waals surface area contributed by atoms with Crippen molar-refractivity contribution in [3.05, 3.63) is 11.8 Å². The number of hydrogen-bond acceptors (Lipinski definition) is 6. The Morgan fingerprint density at radius 3 is 2.94 bits per heavy atom. The van der Waals surface area contributed by atoms with Gasteiger partial charge in [0.2, 0.25) is 0 Å². The Balaban J connectivity index is 2.01. The number of nitrogens with zero attached hydrogens (tertiary/aromatic N) is 4. The number of aliphatic imine (C=N–C) groups is 2. The molecule has 1 N–H and O–H groups in total. The van der Waals surface area contributed by atoms with E-state index in [1.807, 2.05) is 11.3 Å². The van der Waals surface area contributed by atoms with Gasteiger partial charge in [0.05, 0.1) is 6.20 Å². The Kier molecular flexibility index (Phi) is 2.45. The van der Waals surface area contributed by atoms with Gasteiger partial charge in [-0.2, -0.15) is 10.7 Å². The molecule has 1 fully saturated rings. The molecule has 0 atom stereocenters. The lowest BCUT2D eigenvalue weighted by Crippen LogP contribution is -2.49. The first-order valence-electron chi connectivity index (χ1n) is 5.68. The van der Waals surface area contributed by atoms with Crippen LogP contribution in [0.4, 0.5) is 0 Å². The van der Waals surface area contributed by atoms with Crippen LogP contribution in [0.1, 0.15) is 25.7 Å². The third-order valence-corrected chi connectivity index (χ3v) is 3.97. The van der Waals surface area contributed by atoms with Gasteiger partial charge in [-0.3, -0.25) is 0 Å². The third-order valence-electron chi connectivity index (χ3n) is 3.32. The van der Waals surface area contributed by atoms with Crippen LogP contribution in [0.3, 0.4) is 0 Å². The van der Waals surface area contributed by atoms with Gasteiger partial charge in [-0.1, -0.05) is 11.8 Å². The molecule has 0 aromatic carbocycles. The van der Waals surface area contributed by atoms with E-state index < -0.39 is 0 Å². The van der Waals surface area contributed by atoms with Crippen LogP contribution in [0.25, 0.3) is 0 Å². The number of hydrazine groups is 1. The SMILES string of the molecule is CSC1=NC=C(C#N)C2=NC3(CCCC3)NN12. The molecule has 3 rings (SSSR count). The predicted octanol–water partition coefficient (Wildman–Crippen LogP) is 1.62. The van der Waals surface area contributed by atoms with Crippen molar-refractivity contribution in [1.29, 1.82) is 5.26 Å². The molecule has 0 radical (unpaired) electrons. The summed E-state index contributed by atoms with van der Waals surface area (Å²) in [6.07, 6.45) is 8.03. The summed E-state index contributed by atoms with van der Waals surface area (Å²) >= 11 is 1.56. The molecule has 1 spiro atoms. The molecule has 3 aliphatic rings. The molecular formula is C11H13N5S. The Bertz CT molecular complexity index is 479. The maximum Gasteiger partial charge on any atom is 0.184 e. The van der Waals surface area contributed by atoms with Gasteiger partial charge >= 0.3 is 0 Å². The molecule has 88 valence electrons. The second kappa shape index (κ2) is 3.86. The van der Waals surface area contributed by atoms with Crippen LogP contribution in [0.15, 0.2) is 21.8 Å². The normalized spacial score (nSPS) is 25.2. The number of nitrogens with one attached hydrogen (secondary N) is 1. The van der Waals surface area contributed by atoms with E-state index in [1.165, 1.54) is 12.8 Å². The molecular weight excluding hydrogens is 234 g/mol. The molecule has 0 aromatic heterocycles. The van der Waals surface area contributed by atoms with Crippen LogP contribution in [-0.2, 0) is 0 Å². The molecule has 6 heteroatoms. The van der Waals surface area contributed by atoms with Gasteiger partial charge < -0.3 is 0 Å².